The zero-order valence-electron chi connectivity index (χ0n) is 7.19. The third-order valence-electron chi connectivity index (χ3n) is 1.89. The molecule has 0 aliphatic rings. The summed E-state index contributed by atoms with van der Waals surface area (Å²) in [6.45, 7) is 3.97. The van der Waals surface area contributed by atoms with E-state index in [1.54, 1.807) is 6.07 Å². The van der Waals surface area contributed by atoms with Crippen LogP contribution in [-0.4, -0.2) is 0 Å². The van der Waals surface area contributed by atoms with E-state index < -0.39 is 0 Å². The van der Waals surface area contributed by atoms with Gasteiger partial charge in [0, 0.05) is 5.02 Å². The second kappa shape index (κ2) is 3.60. The maximum Gasteiger partial charge on any atom is 0.0994 e. The first-order chi connectivity index (χ1) is 5.69. The maximum absolute atomic E-state index is 8.70. The van der Waals surface area contributed by atoms with Gasteiger partial charge in [0.05, 0.1) is 11.6 Å². The van der Waals surface area contributed by atoms with E-state index in [1.807, 2.05) is 19.9 Å². The number of hydrogen-bond acceptors (Lipinski definition) is 1. The van der Waals surface area contributed by atoms with Crippen LogP contribution in [0.4, 0.5) is 0 Å². The van der Waals surface area contributed by atoms with Crippen molar-refractivity contribution in [3.8, 4) is 6.07 Å². The van der Waals surface area contributed by atoms with Crippen molar-refractivity contribution in [2.24, 2.45) is 0 Å². The van der Waals surface area contributed by atoms with Gasteiger partial charge in [0.1, 0.15) is 0 Å². The highest BCUT2D eigenvalue weighted by molar-refractivity contribution is 6.31. The minimum Gasteiger partial charge on any atom is -0.192 e. The summed E-state index contributed by atoms with van der Waals surface area (Å²) in [7, 11) is 0. The number of nitriles is 1. The fourth-order valence-corrected chi connectivity index (χ4v) is 1.43. The second-order valence-electron chi connectivity index (χ2n) is 2.72. The summed E-state index contributed by atoms with van der Waals surface area (Å²) in [5.41, 5.74) is 2.77. The van der Waals surface area contributed by atoms with Gasteiger partial charge in [-0.3, -0.25) is 0 Å². The van der Waals surface area contributed by atoms with Crippen molar-refractivity contribution in [3.05, 3.63) is 33.8 Å². The fourth-order valence-electron chi connectivity index (χ4n) is 1.13. The average molecular weight is 180 g/mol. The molecule has 62 valence electrons. The molecule has 0 aromatic heterocycles. The first-order valence-corrected chi connectivity index (χ1v) is 4.26. The van der Waals surface area contributed by atoms with E-state index in [0.717, 1.165) is 17.5 Å². The Morgan fingerprint density at radius 2 is 2.17 bits per heavy atom. The van der Waals surface area contributed by atoms with Gasteiger partial charge in [0.15, 0.2) is 0 Å². The van der Waals surface area contributed by atoms with Crippen molar-refractivity contribution in [3.63, 3.8) is 0 Å². The molecule has 0 saturated carbocycles. The molecule has 0 radical (unpaired) electrons. The van der Waals surface area contributed by atoms with Crippen molar-refractivity contribution in [2.45, 2.75) is 20.3 Å². The summed E-state index contributed by atoms with van der Waals surface area (Å²) in [6.07, 6.45) is 0.908. The smallest absolute Gasteiger partial charge is 0.0994 e. The molecule has 0 unspecified atom stereocenters. The minimum atomic E-state index is 0.664. The van der Waals surface area contributed by atoms with Crippen molar-refractivity contribution < 1.29 is 0 Å². The molecule has 0 heterocycles. The summed E-state index contributed by atoms with van der Waals surface area (Å²) in [5, 5.41) is 9.39. The second-order valence-corrected chi connectivity index (χ2v) is 3.13. The maximum atomic E-state index is 8.70. The predicted molar refractivity (Wildman–Crippen MR) is 50.3 cm³/mol. The standard InChI is InChI=1S/C10H10ClN/c1-3-8-4-7(2)9(6-12)5-10(8)11/h4-5H,3H2,1-2H3. The zero-order valence-corrected chi connectivity index (χ0v) is 7.94. The number of halogens is 1. The summed E-state index contributed by atoms with van der Waals surface area (Å²) in [4.78, 5) is 0. The Balaban J connectivity index is 3.28. The molecule has 0 N–H and O–H groups in total. The van der Waals surface area contributed by atoms with Gasteiger partial charge in [-0.15, -0.1) is 0 Å². The minimum absolute atomic E-state index is 0.664. The van der Waals surface area contributed by atoms with Crippen LogP contribution in [-0.2, 0) is 6.42 Å². The van der Waals surface area contributed by atoms with Crippen LogP contribution in [0.3, 0.4) is 0 Å². The van der Waals surface area contributed by atoms with Crippen molar-refractivity contribution >= 4 is 11.6 Å². The molecule has 2 heteroatoms. The lowest BCUT2D eigenvalue weighted by atomic mass is 10.0. The normalized spacial score (nSPS) is 9.50. The lowest BCUT2D eigenvalue weighted by Crippen LogP contribution is -1.88. The van der Waals surface area contributed by atoms with E-state index >= 15 is 0 Å². The molecule has 1 aromatic rings. The van der Waals surface area contributed by atoms with Crippen LogP contribution in [0.5, 0.6) is 0 Å². The van der Waals surface area contributed by atoms with Crippen LogP contribution < -0.4 is 0 Å². The molecule has 0 amide bonds. The molecule has 0 spiro atoms. The quantitative estimate of drug-likeness (QED) is 0.650. The number of hydrogen-bond donors (Lipinski definition) is 0. The molecule has 0 aliphatic carbocycles. The van der Waals surface area contributed by atoms with Crippen LogP contribution in [0, 0.1) is 18.3 Å². The van der Waals surface area contributed by atoms with Gasteiger partial charge in [-0.05, 0) is 30.5 Å². The molecule has 1 nitrogen and oxygen atoms in total. The summed E-state index contributed by atoms with van der Waals surface area (Å²) in [5.74, 6) is 0. The first kappa shape index (κ1) is 9.09. The van der Waals surface area contributed by atoms with Crippen LogP contribution in [0.15, 0.2) is 12.1 Å². The van der Waals surface area contributed by atoms with Gasteiger partial charge in [-0.25, -0.2) is 0 Å². The van der Waals surface area contributed by atoms with Crippen LogP contribution in [0.2, 0.25) is 5.02 Å². The monoisotopic (exact) mass is 179 g/mol. The largest absolute Gasteiger partial charge is 0.192 e. The molecule has 0 saturated heterocycles. The van der Waals surface area contributed by atoms with E-state index in [-0.39, 0.29) is 0 Å². The Morgan fingerprint density at radius 3 is 2.67 bits per heavy atom. The number of aryl methyl sites for hydroxylation is 2. The van der Waals surface area contributed by atoms with E-state index in [0.29, 0.717) is 10.6 Å². The van der Waals surface area contributed by atoms with Gasteiger partial charge in [-0.2, -0.15) is 5.26 Å². The number of rotatable bonds is 1. The molecule has 0 fully saturated rings. The Kier molecular flexibility index (Phi) is 2.73. The van der Waals surface area contributed by atoms with Crippen molar-refractivity contribution in [1.29, 1.82) is 5.26 Å². The van der Waals surface area contributed by atoms with Gasteiger partial charge >= 0.3 is 0 Å². The fraction of sp³-hybridized carbons (Fsp3) is 0.300. The molecule has 0 aliphatic heterocycles. The summed E-state index contributed by atoms with van der Waals surface area (Å²) < 4.78 is 0. The third-order valence-corrected chi connectivity index (χ3v) is 2.25. The molecular formula is C10H10ClN. The Hall–Kier alpha value is -1.00. The van der Waals surface area contributed by atoms with Gasteiger partial charge in [-0.1, -0.05) is 24.6 Å². The SMILES string of the molecule is CCc1cc(C)c(C#N)cc1Cl. The Labute approximate surface area is 77.6 Å². The molecule has 1 aromatic carbocycles. The highest BCUT2D eigenvalue weighted by atomic mass is 35.5. The Morgan fingerprint density at radius 1 is 1.50 bits per heavy atom. The predicted octanol–water partition coefficient (Wildman–Crippen LogP) is 3.08. The highest BCUT2D eigenvalue weighted by Gasteiger charge is 2.03. The van der Waals surface area contributed by atoms with Crippen LogP contribution in [0.1, 0.15) is 23.6 Å². The first-order valence-electron chi connectivity index (χ1n) is 3.88. The van der Waals surface area contributed by atoms with Crippen molar-refractivity contribution in [1.82, 2.24) is 0 Å². The molecule has 0 atom stereocenters. The molecule has 12 heavy (non-hydrogen) atoms. The molecule has 1 rings (SSSR count). The number of benzene rings is 1. The number of nitrogens with zero attached hydrogens (tertiary/aromatic N) is 1. The van der Waals surface area contributed by atoms with E-state index in [1.165, 1.54) is 0 Å². The molecule has 0 bridgehead atoms. The van der Waals surface area contributed by atoms with Crippen molar-refractivity contribution in [2.75, 3.05) is 0 Å². The molecular weight excluding hydrogens is 170 g/mol. The topological polar surface area (TPSA) is 23.8 Å². The van der Waals surface area contributed by atoms with Gasteiger partial charge in [0.2, 0.25) is 0 Å². The van der Waals surface area contributed by atoms with E-state index in [4.69, 9.17) is 16.9 Å². The van der Waals surface area contributed by atoms with E-state index in [2.05, 4.69) is 6.07 Å². The van der Waals surface area contributed by atoms with Crippen LogP contribution >= 0.6 is 11.6 Å². The lowest BCUT2D eigenvalue weighted by Gasteiger charge is -2.03. The Bertz CT molecular complexity index is 336. The van der Waals surface area contributed by atoms with E-state index in [9.17, 15) is 0 Å². The van der Waals surface area contributed by atoms with Gasteiger partial charge < -0.3 is 0 Å². The highest BCUT2D eigenvalue weighted by Crippen LogP contribution is 2.21. The third kappa shape index (κ3) is 1.60. The van der Waals surface area contributed by atoms with Crippen LogP contribution in [0.25, 0.3) is 0 Å². The summed E-state index contributed by atoms with van der Waals surface area (Å²) in [6, 6.07) is 5.81. The summed E-state index contributed by atoms with van der Waals surface area (Å²) >= 11 is 5.93. The lowest BCUT2D eigenvalue weighted by molar-refractivity contribution is 1.13. The van der Waals surface area contributed by atoms with Gasteiger partial charge in [0.25, 0.3) is 0 Å². The zero-order chi connectivity index (χ0) is 9.14. The average Bonchev–Trinajstić information content (AvgIpc) is 2.08.